The van der Waals surface area contributed by atoms with Crippen LogP contribution in [0.1, 0.15) is 37.7 Å². The van der Waals surface area contributed by atoms with E-state index in [2.05, 4.69) is 5.32 Å². The molecule has 3 nitrogen and oxygen atoms in total. The number of thioether (sulfide) groups is 1. The van der Waals surface area contributed by atoms with Crippen LogP contribution in [0.2, 0.25) is 5.02 Å². The van der Waals surface area contributed by atoms with Crippen LogP contribution in [0.3, 0.4) is 0 Å². The molecule has 0 spiro atoms. The quantitative estimate of drug-likeness (QED) is 0.755. The van der Waals surface area contributed by atoms with Crippen molar-refractivity contribution in [2.75, 3.05) is 18.9 Å². The molecule has 0 bridgehead atoms. The Hall–Kier alpha value is -0.870. The number of rotatable bonds is 7. The van der Waals surface area contributed by atoms with Gasteiger partial charge in [0.1, 0.15) is 5.75 Å². The predicted octanol–water partition coefficient (Wildman–Crippen LogP) is 4.21. The Labute approximate surface area is 142 Å². The SMILES string of the molecule is Cc1cc(OCC(=O)NCCSC2CCCCC2)ccc1Cl. The molecule has 1 saturated carbocycles. The second kappa shape index (κ2) is 9.31. The highest BCUT2D eigenvalue weighted by Gasteiger charge is 2.13. The van der Waals surface area contributed by atoms with Gasteiger partial charge in [-0.3, -0.25) is 4.79 Å². The zero-order valence-electron chi connectivity index (χ0n) is 13.1. The zero-order valence-corrected chi connectivity index (χ0v) is 14.6. The van der Waals surface area contributed by atoms with E-state index in [1.807, 2.05) is 24.8 Å². The normalized spacial score (nSPS) is 15.5. The summed E-state index contributed by atoms with van der Waals surface area (Å²) in [5.41, 5.74) is 0.948. The molecule has 1 aromatic rings. The van der Waals surface area contributed by atoms with E-state index < -0.39 is 0 Å². The van der Waals surface area contributed by atoms with Crippen molar-refractivity contribution in [3.63, 3.8) is 0 Å². The maximum absolute atomic E-state index is 11.7. The van der Waals surface area contributed by atoms with Crippen molar-refractivity contribution < 1.29 is 9.53 Å². The fourth-order valence-corrected chi connectivity index (χ4v) is 3.89. The van der Waals surface area contributed by atoms with Gasteiger partial charge in [-0.2, -0.15) is 11.8 Å². The summed E-state index contributed by atoms with van der Waals surface area (Å²) in [6.07, 6.45) is 6.77. The number of carbonyl (C=O) groups excluding carboxylic acids is 1. The van der Waals surface area contributed by atoms with Crippen LogP contribution < -0.4 is 10.1 Å². The van der Waals surface area contributed by atoms with Crippen molar-refractivity contribution in [1.82, 2.24) is 5.32 Å². The smallest absolute Gasteiger partial charge is 0.257 e. The van der Waals surface area contributed by atoms with Crippen molar-refractivity contribution >= 4 is 29.3 Å². The molecule has 1 aliphatic rings. The number of nitrogens with one attached hydrogen (secondary N) is 1. The van der Waals surface area contributed by atoms with E-state index in [1.54, 1.807) is 12.1 Å². The van der Waals surface area contributed by atoms with Gasteiger partial charge in [0, 0.05) is 22.6 Å². The standard InChI is InChI=1S/C17H24ClNO2S/c1-13-11-14(7-8-16(13)18)21-12-17(20)19-9-10-22-15-5-3-2-4-6-15/h7-8,11,15H,2-6,9-10,12H2,1H3,(H,19,20). The minimum Gasteiger partial charge on any atom is -0.484 e. The van der Waals surface area contributed by atoms with E-state index in [0.717, 1.165) is 16.6 Å². The Kier molecular flexibility index (Phi) is 7.40. The number of aryl methyl sites for hydroxylation is 1. The maximum Gasteiger partial charge on any atom is 0.257 e. The van der Waals surface area contributed by atoms with Crippen molar-refractivity contribution in [1.29, 1.82) is 0 Å². The van der Waals surface area contributed by atoms with Gasteiger partial charge in [-0.25, -0.2) is 0 Å². The molecule has 0 heterocycles. The van der Waals surface area contributed by atoms with Crippen molar-refractivity contribution in [3.05, 3.63) is 28.8 Å². The van der Waals surface area contributed by atoms with Crippen LogP contribution in [0.4, 0.5) is 0 Å². The second-order valence-electron chi connectivity index (χ2n) is 5.68. The van der Waals surface area contributed by atoms with E-state index in [1.165, 1.54) is 32.1 Å². The number of benzene rings is 1. The number of hydrogen-bond donors (Lipinski definition) is 1. The topological polar surface area (TPSA) is 38.3 Å². The first-order valence-electron chi connectivity index (χ1n) is 7.92. The molecule has 0 radical (unpaired) electrons. The molecule has 2 rings (SSSR count). The molecule has 122 valence electrons. The van der Waals surface area contributed by atoms with Crippen molar-refractivity contribution in [2.45, 2.75) is 44.3 Å². The van der Waals surface area contributed by atoms with Crippen LogP contribution in [0.25, 0.3) is 0 Å². The molecular weight excluding hydrogens is 318 g/mol. The second-order valence-corrected chi connectivity index (χ2v) is 7.50. The monoisotopic (exact) mass is 341 g/mol. The van der Waals surface area contributed by atoms with Crippen LogP contribution in [0, 0.1) is 6.92 Å². The summed E-state index contributed by atoms with van der Waals surface area (Å²) in [5.74, 6) is 1.58. The number of hydrogen-bond acceptors (Lipinski definition) is 3. The van der Waals surface area contributed by atoms with E-state index in [9.17, 15) is 4.79 Å². The van der Waals surface area contributed by atoms with Crippen LogP contribution in [-0.4, -0.2) is 30.1 Å². The van der Waals surface area contributed by atoms with Crippen molar-refractivity contribution in [3.8, 4) is 5.75 Å². The first-order chi connectivity index (χ1) is 10.6. The fourth-order valence-electron chi connectivity index (χ4n) is 2.55. The van der Waals surface area contributed by atoms with Gasteiger partial charge in [-0.15, -0.1) is 0 Å². The van der Waals surface area contributed by atoms with Crippen molar-refractivity contribution in [2.24, 2.45) is 0 Å². The highest BCUT2D eigenvalue weighted by Crippen LogP contribution is 2.27. The lowest BCUT2D eigenvalue weighted by atomic mass is 10.0. The molecule has 0 aliphatic heterocycles. The van der Waals surface area contributed by atoms with E-state index >= 15 is 0 Å². The molecular formula is C17H24ClNO2S. The molecule has 5 heteroatoms. The van der Waals surface area contributed by atoms with Gasteiger partial charge >= 0.3 is 0 Å². The van der Waals surface area contributed by atoms with Crippen LogP contribution >= 0.6 is 23.4 Å². The Morgan fingerprint density at radius 3 is 2.86 bits per heavy atom. The minimum atomic E-state index is -0.0724. The molecule has 1 amide bonds. The molecule has 1 fully saturated rings. The first-order valence-corrected chi connectivity index (χ1v) is 9.35. The fraction of sp³-hybridized carbons (Fsp3) is 0.588. The third-order valence-corrected chi connectivity index (χ3v) is 5.64. The molecule has 0 aromatic heterocycles. The summed E-state index contributed by atoms with van der Waals surface area (Å²) in [7, 11) is 0. The van der Waals surface area contributed by atoms with Gasteiger partial charge in [-0.05, 0) is 43.5 Å². The summed E-state index contributed by atoms with van der Waals surface area (Å²) in [6.45, 7) is 2.68. The average Bonchev–Trinajstić information content (AvgIpc) is 2.54. The third-order valence-electron chi connectivity index (χ3n) is 3.83. The summed E-state index contributed by atoms with van der Waals surface area (Å²) in [4.78, 5) is 11.7. The Morgan fingerprint density at radius 2 is 2.14 bits per heavy atom. The van der Waals surface area contributed by atoms with Gasteiger partial charge in [0.05, 0.1) is 0 Å². The molecule has 1 N–H and O–H groups in total. The third kappa shape index (κ3) is 6.09. The summed E-state index contributed by atoms with van der Waals surface area (Å²) in [6, 6.07) is 5.40. The van der Waals surface area contributed by atoms with Gasteiger partial charge in [0.15, 0.2) is 6.61 Å². The maximum atomic E-state index is 11.7. The lowest BCUT2D eigenvalue weighted by Gasteiger charge is -2.20. The summed E-state index contributed by atoms with van der Waals surface area (Å²) >= 11 is 7.94. The van der Waals surface area contributed by atoms with Crippen LogP contribution in [0.5, 0.6) is 5.75 Å². The number of halogens is 1. The Balaban J connectivity index is 1.58. The van der Waals surface area contributed by atoms with Crippen LogP contribution in [0.15, 0.2) is 18.2 Å². The molecule has 0 atom stereocenters. The van der Waals surface area contributed by atoms with E-state index in [0.29, 0.717) is 17.3 Å². The molecule has 0 unspecified atom stereocenters. The lowest BCUT2D eigenvalue weighted by Crippen LogP contribution is -2.31. The minimum absolute atomic E-state index is 0.0508. The first kappa shape index (κ1) is 17.5. The zero-order chi connectivity index (χ0) is 15.8. The Bertz CT molecular complexity index is 490. The van der Waals surface area contributed by atoms with Gasteiger partial charge in [-0.1, -0.05) is 30.9 Å². The summed E-state index contributed by atoms with van der Waals surface area (Å²) in [5, 5.41) is 4.40. The van der Waals surface area contributed by atoms with Gasteiger partial charge < -0.3 is 10.1 Å². The highest BCUT2D eigenvalue weighted by atomic mass is 35.5. The molecule has 22 heavy (non-hydrogen) atoms. The number of amides is 1. The largest absolute Gasteiger partial charge is 0.484 e. The molecule has 1 aliphatic carbocycles. The van der Waals surface area contributed by atoms with Gasteiger partial charge in [0.2, 0.25) is 0 Å². The number of ether oxygens (including phenoxy) is 1. The molecule has 1 aromatic carbocycles. The number of carbonyl (C=O) groups is 1. The lowest BCUT2D eigenvalue weighted by molar-refractivity contribution is -0.122. The van der Waals surface area contributed by atoms with E-state index in [4.69, 9.17) is 16.3 Å². The van der Waals surface area contributed by atoms with E-state index in [-0.39, 0.29) is 12.5 Å². The van der Waals surface area contributed by atoms with Crippen LogP contribution in [-0.2, 0) is 4.79 Å². The summed E-state index contributed by atoms with van der Waals surface area (Å²) < 4.78 is 5.47. The van der Waals surface area contributed by atoms with Gasteiger partial charge in [0.25, 0.3) is 5.91 Å². The molecule has 0 saturated heterocycles. The highest BCUT2D eigenvalue weighted by molar-refractivity contribution is 7.99. The predicted molar refractivity (Wildman–Crippen MR) is 94.0 cm³/mol. The Morgan fingerprint density at radius 1 is 1.36 bits per heavy atom. The average molecular weight is 342 g/mol.